The van der Waals surface area contributed by atoms with Gasteiger partial charge in [-0.2, -0.15) is 0 Å². The van der Waals surface area contributed by atoms with Crippen LogP contribution in [0.1, 0.15) is 18.9 Å². The molecule has 5 atom stereocenters. The van der Waals surface area contributed by atoms with Crippen molar-refractivity contribution in [1.29, 1.82) is 0 Å². The first-order valence-electron chi connectivity index (χ1n) is 8.51. The van der Waals surface area contributed by atoms with Crippen molar-refractivity contribution in [3.8, 4) is 0 Å². The fourth-order valence-electron chi connectivity index (χ4n) is 3.87. The van der Waals surface area contributed by atoms with E-state index in [0.29, 0.717) is 11.3 Å². The van der Waals surface area contributed by atoms with Crippen LogP contribution in [0.15, 0.2) is 53.1 Å². The summed E-state index contributed by atoms with van der Waals surface area (Å²) in [5, 5.41) is 11.4. The molecule has 0 bridgehead atoms. The summed E-state index contributed by atoms with van der Waals surface area (Å²) >= 11 is 0. The van der Waals surface area contributed by atoms with Crippen molar-refractivity contribution >= 4 is 16.6 Å². The highest BCUT2D eigenvalue weighted by molar-refractivity contribution is 7.85. The van der Waals surface area contributed by atoms with Crippen molar-refractivity contribution in [3.05, 3.63) is 53.8 Å². The van der Waals surface area contributed by atoms with Crippen molar-refractivity contribution in [3.63, 3.8) is 0 Å². The lowest BCUT2D eigenvalue weighted by Gasteiger charge is -2.44. The number of allylic oxidation sites excluding steroid dienone is 3. The second kappa shape index (κ2) is 6.89. The molecule has 3 rings (SSSR count). The summed E-state index contributed by atoms with van der Waals surface area (Å²) in [6.07, 6.45) is 6.09. The van der Waals surface area contributed by atoms with Crippen molar-refractivity contribution < 1.29 is 18.8 Å². The van der Waals surface area contributed by atoms with Crippen LogP contribution in [0.4, 0.5) is 0 Å². The molecule has 2 aliphatic rings. The molecule has 0 aliphatic heterocycles. The van der Waals surface area contributed by atoms with E-state index in [1.54, 1.807) is 0 Å². The van der Waals surface area contributed by atoms with Crippen LogP contribution in [0.5, 0.6) is 0 Å². The first-order chi connectivity index (χ1) is 11.9. The van der Waals surface area contributed by atoms with E-state index in [1.807, 2.05) is 50.3 Å². The Balaban J connectivity index is 1.95. The SMILES string of the molecule is COC1=C[C@](O)(C[S@@](=O)c2ccc(C)cc2)[C@H]2CC=C[C@@H](C)[C@H]2C1=O. The molecule has 0 heterocycles. The second-order valence-corrected chi connectivity index (χ2v) is 8.48. The van der Waals surface area contributed by atoms with Crippen LogP contribution in [0.25, 0.3) is 0 Å². The zero-order valence-corrected chi connectivity index (χ0v) is 15.6. The van der Waals surface area contributed by atoms with Crippen molar-refractivity contribution in [1.82, 2.24) is 0 Å². The van der Waals surface area contributed by atoms with Crippen LogP contribution in [-0.4, -0.2) is 33.6 Å². The maximum atomic E-state index is 12.8. The summed E-state index contributed by atoms with van der Waals surface area (Å²) in [4.78, 5) is 13.3. The molecule has 0 saturated heterocycles. The highest BCUT2D eigenvalue weighted by Gasteiger charge is 2.51. The third-order valence-corrected chi connectivity index (χ3v) is 6.79. The van der Waals surface area contributed by atoms with Gasteiger partial charge in [-0.1, -0.05) is 36.8 Å². The zero-order chi connectivity index (χ0) is 18.2. The Kier molecular flexibility index (Phi) is 4.98. The smallest absolute Gasteiger partial charge is 0.201 e. The van der Waals surface area contributed by atoms with E-state index in [-0.39, 0.29) is 35.0 Å². The summed E-state index contributed by atoms with van der Waals surface area (Å²) in [5.74, 6) is -0.456. The predicted molar refractivity (Wildman–Crippen MR) is 97.4 cm³/mol. The van der Waals surface area contributed by atoms with Gasteiger partial charge in [-0.25, -0.2) is 0 Å². The molecule has 4 nitrogen and oxygen atoms in total. The molecule has 2 aliphatic carbocycles. The molecule has 1 N–H and O–H groups in total. The Labute approximate surface area is 151 Å². The average molecular weight is 360 g/mol. The largest absolute Gasteiger partial charge is 0.493 e. The van der Waals surface area contributed by atoms with Gasteiger partial charge in [0.2, 0.25) is 5.78 Å². The monoisotopic (exact) mass is 360 g/mol. The van der Waals surface area contributed by atoms with Crippen molar-refractivity contribution in [2.45, 2.75) is 30.8 Å². The molecule has 0 amide bonds. The molecule has 134 valence electrons. The van der Waals surface area contributed by atoms with E-state index in [2.05, 4.69) is 0 Å². The maximum Gasteiger partial charge on any atom is 0.201 e. The number of rotatable bonds is 4. The topological polar surface area (TPSA) is 63.6 Å². The van der Waals surface area contributed by atoms with Crippen molar-refractivity contribution in [2.75, 3.05) is 12.9 Å². The molecule has 0 unspecified atom stereocenters. The third kappa shape index (κ3) is 3.35. The third-order valence-electron chi connectivity index (χ3n) is 5.26. The zero-order valence-electron chi connectivity index (χ0n) is 14.8. The van der Waals surface area contributed by atoms with Gasteiger partial charge >= 0.3 is 0 Å². The quantitative estimate of drug-likeness (QED) is 0.839. The number of carbonyl (C=O) groups is 1. The molecule has 25 heavy (non-hydrogen) atoms. The molecular formula is C20H24O4S. The molecule has 1 aromatic rings. The lowest BCUT2D eigenvalue weighted by molar-refractivity contribution is -0.131. The van der Waals surface area contributed by atoms with Gasteiger partial charge in [0.25, 0.3) is 0 Å². The molecular weight excluding hydrogens is 336 g/mol. The number of aliphatic hydroxyl groups is 1. The second-order valence-electron chi connectivity index (χ2n) is 7.03. The fraction of sp³-hybridized carbons (Fsp3) is 0.450. The lowest BCUT2D eigenvalue weighted by Crippen LogP contribution is -2.53. The van der Waals surface area contributed by atoms with Gasteiger partial charge in [-0.15, -0.1) is 0 Å². The predicted octanol–water partition coefficient (Wildman–Crippen LogP) is 2.78. The van der Waals surface area contributed by atoms with Gasteiger partial charge < -0.3 is 9.84 Å². The van der Waals surface area contributed by atoms with E-state index in [9.17, 15) is 14.1 Å². The lowest BCUT2D eigenvalue weighted by atomic mass is 9.64. The fourth-order valence-corrected chi connectivity index (χ4v) is 5.19. The molecule has 0 spiro atoms. The Morgan fingerprint density at radius 1 is 1.32 bits per heavy atom. The first kappa shape index (κ1) is 18.1. The van der Waals surface area contributed by atoms with Crippen molar-refractivity contribution in [2.24, 2.45) is 17.8 Å². The number of ketones is 1. The van der Waals surface area contributed by atoms with Crippen LogP contribution in [-0.2, 0) is 20.3 Å². The summed E-state index contributed by atoms with van der Waals surface area (Å²) in [5.41, 5.74) is -0.241. The number of methoxy groups -OCH3 is 1. The summed E-state index contributed by atoms with van der Waals surface area (Å²) in [7, 11) is 0.0666. The average Bonchev–Trinajstić information content (AvgIpc) is 2.58. The molecule has 1 aromatic carbocycles. The number of benzene rings is 1. The molecule has 0 radical (unpaired) electrons. The van der Waals surface area contributed by atoms with E-state index < -0.39 is 16.4 Å². The van der Waals surface area contributed by atoms with Crippen LogP contribution in [0, 0.1) is 24.7 Å². The number of hydrogen-bond donors (Lipinski definition) is 1. The normalized spacial score (nSPS) is 32.7. The van der Waals surface area contributed by atoms with Gasteiger partial charge in [-0.05, 0) is 37.5 Å². The van der Waals surface area contributed by atoms with E-state index >= 15 is 0 Å². The Morgan fingerprint density at radius 3 is 2.64 bits per heavy atom. The number of fused-ring (bicyclic) bond motifs is 1. The Morgan fingerprint density at radius 2 is 2.00 bits per heavy atom. The summed E-state index contributed by atoms with van der Waals surface area (Å²) in [6.45, 7) is 3.95. The number of carbonyl (C=O) groups excluding carboxylic acids is 1. The summed E-state index contributed by atoms with van der Waals surface area (Å²) in [6, 6.07) is 7.47. The van der Waals surface area contributed by atoms with E-state index in [0.717, 1.165) is 5.56 Å². The molecule has 0 saturated carbocycles. The van der Waals surface area contributed by atoms with Crippen LogP contribution in [0.3, 0.4) is 0 Å². The molecule has 0 aromatic heterocycles. The minimum atomic E-state index is -1.37. The standard InChI is InChI=1S/C20H24O4S/c1-13-7-9-15(10-8-13)25(23)12-20(22)11-17(24-3)19(21)18-14(2)5-4-6-16(18)20/h4-5,7-11,14,16,18,22H,6,12H2,1-3H3/t14-,16+,18-,20+,25-/m1/s1. The van der Waals surface area contributed by atoms with Crippen LogP contribution < -0.4 is 0 Å². The molecule has 0 fully saturated rings. The number of ether oxygens (including phenoxy) is 1. The molecule has 5 heteroatoms. The Bertz CT molecular complexity index is 749. The number of aryl methyl sites for hydroxylation is 1. The van der Waals surface area contributed by atoms with Gasteiger partial charge in [0.1, 0.15) is 5.60 Å². The summed E-state index contributed by atoms with van der Waals surface area (Å²) < 4.78 is 18.1. The Hall–Kier alpha value is -1.72. The van der Waals surface area contributed by atoms with Gasteiger partial charge in [-0.3, -0.25) is 9.00 Å². The van der Waals surface area contributed by atoms with E-state index in [4.69, 9.17) is 4.74 Å². The first-order valence-corrected chi connectivity index (χ1v) is 9.83. The van der Waals surface area contributed by atoms with Crippen LogP contribution in [0.2, 0.25) is 0 Å². The highest BCUT2D eigenvalue weighted by Crippen LogP contribution is 2.44. The number of Topliss-reactive ketones (excluding diaryl/α,β-unsaturated/α-hetero) is 1. The highest BCUT2D eigenvalue weighted by atomic mass is 32.2. The maximum absolute atomic E-state index is 12.8. The van der Waals surface area contributed by atoms with Gasteiger partial charge in [0, 0.05) is 16.7 Å². The van der Waals surface area contributed by atoms with Crippen LogP contribution >= 0.6 is 0 Å². The minimum absolute atomic E-state index is 0.0180. The van der Waals surface area contributed by atoms with Gasteiger partial charge in [0.15, 0.2) is 5.76 Å². The minimum Gasteiger partial charge on any atom is -0.493 e. The van der Waals surface area contributed by atoms with E-state index in [1.165, 1.54) is 13.2 Å². The van der Waals surface area contributed by atoms with Gasteiger partial charge in [0.05, 0.1) is 23.7 Å². The number of hydrogen-bond acceptors (Lipinski definition) is 4.